The summed E-state index contributed by atoms with van der Waals surface area (Å²) in [6, 6.07) is 16.6. The van der Waals surface area contributed by atoms with Crippen molar-refractivity contribution in [3.05, 3.63) is 54.6 Å². The first-order valence-electron chi connectivity index (χ1n) is 8.03. The van der Waals surface area contributed by atoms with Crippen LogP contribution >= 0.6 is 0 Å². The number of rotatable bonds is 7. The van der Waals surface area contributed by atoms with Gasteiger partial charge in [0.25, 0.3) is 0 Å². The smallest absolute Gasteiger partial charge is 0.221 e. The monoisotopic (exact) mass is 345 g/mol. The van der Waals surface area contributed by atoms with Crippen molar-refractivity contribution in [3.63, 3.8) is 0 Å². The largest absolute Gasteiger partial charge is 0.356 e. The fourth-order valence-corrected chi connectivity index (χ4v) is 3.48. The second-order valence-electron chi connectivity index (χ2n) is 6.16. The van der Waals surface area contributed by atoms with E-state index in [4.69, 9.17) is 0 Å². The maximum atomic E-state index is 12.3. The van der Waals surface area contributed by atoms with Crippen molar-refractivity contribution >= 4 is 15.7 Å². The molecule has 0 unspecified atom stereocenters. The molecule has 4 nitrogen and oxygen atoms in total. The van der Waals surface area contributed by atoms with Crippen LogP contribution in [0.15, 0.2) is 59.5 Å². The summed E-state index contributed by atoms with van der Waals surface area (Å²) < 4.78 is 24.7. The number of hydrogen-bond donors (Lipinski definition) is 1. The number of carbonyl (C=O) groups is 1. The minimum absolute atomic E-state index is 0.0184. The van der Waals surface area contributed by atoms with Crippen LogP contribution in [0.5, 0.6) is 0 Å². The Kier molecular flexibility index (Phi) is 6.15. The first-order chi connectivity index (χ1) is 11.4. The van der Waals surface area contributed by atoms with Crippen LogP contribution in [-0.2, 0) is 14.6 Å². The maximum absolute atomic E-state index is 12.3. The summed E-state index contributed by atoms with van der Waals surface area (Å²) in [5.41, 5.74) is 2.00. The fourth-order valence-electron chi connectivity index (χ4n) is 2.24. The summed E-state index contributed by atoms with van der Waals surface area (Å²) in [5.74, 6) is -0.0639. The van der Waals surface area contributed by atoms with E-state index < -0.39 is 9.84 Å². The highest BCUT2D eigenvalue weighted by Crippen LogP contribution is 2.21. The van der Waals surface area contributed by atoms with Crippen molar-refractivity contribution in [2.75, 3.05) is 12.3 Å². The number of hydrogen-bond acceptors (Lipinski definition) is 3. The van der Waals surface area contributed by atoms with Crippen molar-refractivity contribution in [3.8, 4) is 11.1 Å². The number of nitrogens with one attached hydrogen (secondary N) is 1. The average Bonchev–Trinajstić information content (AvgIpc) is 2.59. The van der Waals surface area contributed by atoms with E-state index in [9.17, 15) is 13.2 Å². The van der Waals surface area contributed by atoms with Gasteiger partial charge in [-0.05, 0) is 29.2 Å². The Morgan fingerprint density at radius 2 is 1.54 bits per heavy atom. The minimum atomic E-state index is -3.45. The Labute approximate surface area is 143 Å². The lowest BCUT2D eigenvalue weighted by molar-refractivity contribution is -0.120. The topological polar surface area (TPSA) is 63.2 Å². The molecule has 2 rings (SSSR count). The van der Waals surface area contributed by atoms with Gasteiger partial charge in [0.05, 0.1) is 10.6 Å². The zero-order chi connectivity index (χ0) is 17.6. The summed E-state index contributed by atoms with van der Waals surface area (Å²) in [5, 5.41) is 2.73. The Balaban J connectivity index is 2.01. The SMILES string of the molecule is CC(C)CNC(=O)CCS(=O)(=O)c1ccc(-c2ccccc2)cc1. The fraction of sp³-hybridized carbons (Fsp3) is 0.316. The molecular weight excluding hydrogens is 322 g/mol. The van der Waals surface area contributed by atoms with E-state index in [0.29, 0.717) is 12.5 Å². The van der Waals surface area contributed by atoms with Crippen LogP contribution < -0.4 is 5.32 Å². The first kappa shape index (κ1) is 18.2. The van der Waals surface area contributed by atoms with Gasteiger partial charge in [-0.25, -0.2) is 8.42 Å². The number of carbonyl (C=O) groups excluding carboxylic acids is 1. The zero-order valence-electron chi connectivity index (χ0n) is 14.0. The van der Waals surface area contributed by atoms with E-state index in [1.807, 2.05) is 44.2 Å². The summed E-state index contributed by atoms with van der Waals surface area (Å²) in [6.45, 7) is 4.54. The van der Waals surface area contributed by atoms with Gasteiger partial charge in [-0.3, -0.25) is 4.79 Å². The van der Waals surface area contributed by atoms with Crippen molar-refractivity contribution in [2.45, 2.75) is 25.2 Å². The van der Waals surface area contributed by atoms with Crippen LogP contribution in [0.3, 0.4) is 0 Å². The summed E-state index contributed by atoms with van der Waals surface area (Å²) in [7, 11) is -3.45. The van der Waals surface area contributed by atoms with Crippen LogP contribution in [0.1, 0.15) is 20.3 Å². The summed E-state index contributed by atoms with van der Waals surface area (Å²) >= 11 is 0. The predicted molar refractivity (Wildman–Crippen MR) is 96.4 cm³/mol. The molecule has 5 heteroatoms. The summed E-state index contributed by atoms with van der Waals surface area (Å²) in [6.07, 6.45) is -0.0184. The van der Waals surface area contributed by atoms with Crippen molar-refractivity contribution in [2.24, 2.45) is 5.92 Å². The molecule has 0 aromatic heterocycles. The van der Waals surface area contributed by atoms with Crippen molar-refractivity contribution in [1.29, 1.82) is 0 Å². The van der Waals surface area contributed by atoms with E-state index in [0.717, 1.165) is 11.1 Å². The molecule has 1 amide bonds. The van der Waals surface area contributed by atoms with E-state index in [1.54, 1.807) is 24.3 Å². The van der Waals surface area contributed by atoms with Gasteiger partial charge in [-0.1, -0.05) is 56.3 Å². The highest BCUT2D eigenvalue weighted by atomic mass is 32.2. The van der Waals surface area contributed by atoms with Gasteiger partial charge in [0.2, 0.25) is 5.91 Å². The Hall–Kier alpha value is -2.14. The molecule has 24 heavy (non-hydrogen) atoms. The molecule has 0 fully saturated rings. The number of benzene rings is 2. The normalized spacial score (nSPS) is 11.5. The molecule has 0 saturated heterocycles. The highest BCUT2D eigenvalue weighted by molar-refractivity contribution is 7.91. The molecule has 0 heterocycles. The molecule has 2 aromatic carbocycles. The Bertz CT molecular complexity index is 766. The average molecular weight is 345 g/mol. The van der Waals surface area contributed by atoms with E-state index >= 15 is 0 Å². The minimum Gasteiger partial charge on any atom is -0.356 e. The van der Waals surface area contributed by atoms with Crippen LogP contribution in [0.4, 0.5) is 0 Å². The third kappa shape index (κ3) is 5.20. The van der Waals surface area contributed by atoms with Gasteiger partial charge in [-0.15, -0.1) is 0 Å². The molecule has 0 bridgehead atoms. The lowest BCUT2D eigenvalue weighted by Gasteiger charge is -2.09. The molecule has 0 radical (unpaired) electrons. The van der Waals surface area contributed by atoms with Crippen LogP contribution in [-0.4, -0.2) is 26.6 Å². The van der Waals surface area contributed by atoms with E-state index in [-0.39, 0.29) is 23.0 Å². The van der Waals surface area contributed by atoms with E-state index in [1.165, 1.54) is 0 Å². The van der Waals surface area contributed by atoms with Gasteiger partial charge in [0.15, 0.2) is 9.84 Å². The quantitative estimate of drug-likeness (QED) is 0.837. The second-order valence-corrected chi connectivity index (χ2v) is 8.27. The standard InChI is InChI=1S/C19H23NO3S/c1-15(2)14-20-19(21)12-13-24(22,23)18-10-8-17(9-11-18)16-6-4-3-5-7-16/h3-11,15H,12-14H2,1-2H3,(H,20,21). The third-order valence-electron chi connectivity index (χ3n) is 3.63. The number of sulfone groups is 1. The molecule has 0 aliphatic heterocycles. The van der Waals surface area contributed by atoms with Crippen molar-refractivity contribution < 1.29 is 13.2 Å². The van der Waals surface area contributed by atoms with Crippen LogP contribution in [0, 0.1) is 5.92 Å². The summed E-state index contributed by atoms with van der Waals surface area (Å²) in [4.78, 5) is 11.9. The van der Waals surface area contributed by atoms with Gasteiger partial charge in [0.1, 0.15) is 0 Å². The molecule has 0 spiro atoms. The molecule has 2 aromatic rings. The maximum Gasteiger partial charge on any atom is 0.221 e. The van der Waals surface area contributed by atoms with Crippen molar-refractivity contribution in [1.82, 2.24) is 5.32 Å². The Morgan fingerprint density at radius 1 is 0.958 bits per heavy atom. The molecule has 0 aliphatic rings. The molecule has 1 N–H and O–H groups in total. The highest BCUT2D eigenvalue weighted by Gasteiger charge is 2.16. The second kappa shape index (κ2) is 8.11. The Morgan fingerprint density at radius 3 is 2.12 bits per heavy atom. The molecule has 0 saturated carbocycles. The van der Waals surface area contributed by atoms with Gasteiger partial charge < -0.3 is 5.32 Å². The molecule has 0 aliphatic carbocycles. The zero-order valence-corrected chi connectivity index (χ0v) is 14.8. The van der Waals surface area contributed by atoms with Crippen LogP contribution in [0.2, 0.25) is 0 Å². The third-order valence-corrected chi connectivity index (χ3v) is 5.36. The molecule has 0 atom stereocenters. The molecule has 128 valence electrons. The van der Waals surface area contributed by atoms with Gasteiger partial charge in [0, 0.05) is 13.0 Å². The van der Waals surface area contributed by atoms with Gasteiger partial charge >= 0.3 is 0 Å². The van der Waals surface area contributed by atoms with Gasteiger partial charge in [-0.2, -0.15) is 0 Å². The van der Waals surface area contributed by atoms with Crippen LogP contribution in [0.25, 0.3) is 11.1 Å². The molecular formula is C19H23NO3S. The number of amides is 1. The lowest BCUT2D eigenvalue weighted by atomic mass is 10.1. The van der Waals surface area contributed by atoms with E-state index in [2.05, 4.69) is 5.32 Å². The predicted octanol–water partition coefficient (Wildman–Crippen LogP) is 3.29. The lowest BCUT2D eigenvalue weighted by Crippen LogP contribution is -2.28. The first-order valence-corrected chi connectivity index (χ1v) is 9.68.